The Kier molecular flexibility index (Phi) is 0.807. The van der Waals surface area contributed by atoms with Crippen LogP contribution in [0.25, 0.3) is 0 Å². The van der Waals surface area contributed by atoms with Gasteiger partial charge >= 0.3 is 0 Å². The average Bonchev–Trinajstić information content (AvgIpc) is 2.13. The molecule has 1 N–H and O–H groups in total. The third kappa shape index (κ3) is 1.27. The molecule has 1 aromatic rings. The zero-order chi connectivity index (χ0) is 10.2. The summed E-state index contributed by atoms with van der Waals surface area (Å²) in [7, 11) is 0. The Balaban J connectivity index is 3.56. The van der Waals surface area contributed by atoms with E-state index in [9.17, 15) is 4.39 Å². The number of rotatable bonds is 1. The molecule has 0 fully saturated rings. The van der Waals surface area contributed by atoms with E-state index in [0.29, 0.717) is 0 Å². The molecule has 1 aromatic carbocycles. The van der Waals surface area contributed by atoms with Crippen molar-refractivity contribution >= 4 is 0 Å². The van der Waals surface area contributed by atoms with Gasteiger partial charge in [0.25, 0.3) is 0 Å². The molecule has 0 aliphatic rings. The van der Waals surface area contributed by atoms with Gasteiger partial charge in [-0.05, 0) is 6.04 Å². The molecular weight excluding hydrogens is 119 g/mol. The summed E-state index contributed by atoms with van der Waals surface area (Å²) in [6.45, 7) is -0.733. The van der Waals surface area contributed by atoms with Crippen molar-refractivity contribution in [3.05, 3.63) is 35.6 Å². The van der Waals surface area contributed by atoms with Gasteiger partial charge in [-0.15, -0.1) is 0 Å². The molecule has 0 amide bonds. The molecule has 0 heterocycles. The summed E-state index contributed by atoms with van der Waals surface area (Å²) in [6.07, 6.45) is 0. The van der Waals surface area contributed by atoms with E-state index in [-0.39, 0.29) is 0 Å². The maximum absolute atomic E-state index is 13.0. The van der Waals surface area contributed by atoms with E-state index in [1.54, 1.807) is 0 Å². The Bertz CT molecular complexity index is 324. The molecule has 0 unspecified atom stereocenters. The summed E-state index contributed by atoms with van der Waals surface area (Å²) >= 11 is 0. The van der Waals surface area contributed by atoms with Crippen LogP contribution in [0.4, 0.5) is 4.39 Å². The van der Waals surface area contributed by atoms with Crippen LogP contribution in [0.5, 0.6) is 0 Å². The largest absolute Gasteiger partial charge is 0.392 e. The maximum Gasteiger partial charge on any atom is 0.128 e. The van der Waals surface area contributed by atoms with Crippen LogP contribution in [0.15, 0.2) is 24.2 Å². The number of benzene rings is 1. The molecule has 0 saturated carbocycles. The quantitative estimate of drug-likeness (QED) is 0.607. The van der Waals surface area contributed by atoms with Gasteiger partial charge in [0.2, 0.25) is 0 Å². The minimum atomic E-state index is -1.09. The first kappa shape index (κ1) is 2.80. The molecule has 0 radical (unpaired) electrons. The van der Waals surface area contributed by atoms with Gasteiger partial charge in [-0.25, -0.2) is 4.39 Å². The minimum absolute atomic E-state index is 0.397. The van der Waals surface area contributed by atoms with Crippen LogP contribution in [0.2, 0.25) is 0 Å². The zero-order valence-electron chi connectivity index (χ0n) is 8.53. The van der Waals surface area contributed by atoms with Crippen molar-refractivity contribution in [1.29, 1.82) is 0 Å². The van der Waals surface area contributed by atoms with Crippen LogP contribution < -0.4 is 0 Å². The molecule has 0 aliphatic heterocycles. The SMILES string of the molecule is [2H]c1c([2H])c([2H])c(CO)c(F)c1[2H]. The molecular formula is C7H7FO. The highest BCUT2D eigenvalue weighted by Gasteiger charge is 1.94. The van der Waals surface area contributed by atoms with Gasteiger partial charge < -0.3 is 5.11 Å². The number of hydrogen-bond acceptors (Lipinski definition) is 1. The highest BCUT2D eigenvalue weighted by atomic mass is 19.1. The van der Waals surface area contributed by atoms with Crippen LogP contribution in [-0.4, -0.2) is 5.11 Å². The van der Waals surface area contributed by atoms with E-state index >= 15 is 0 Å². The summed E-state index contributed by atoms with van der Waals surface area (Å²) < 4.78 is 41.5. The minimum Gasteiger partial charge on any atom is -0.392 e. The summed E-state index contributed by atoms with van der Waals surface area (Å²) in [5, 5.41) is 8.65. The normalized spacial score (nSPS) is 15.8. The fraction of sp³-hybridized carbons (Fsp3) is 0.143. The number of aliphatic hydroxyl groups excluding tert-OH is 1. The lowest BCUT2D eigenvalue weighted by atomic mass is 10.2. The van der Waals surface area contributed by atoms with E-state index in [1.165, 1.54) is 0 Å². The Morgan fingerprint density at radius 2 is 2.22 bits per heavy atom. The Hall–Kier alpha value is -0.890. The van der Waals surface area contributed by atoms with Crippen molar-refractivity contribution in [3.8, 4) is 0 Å². The predicted molar refractivity (Wildman–Crippen MR) is 32.3 cm³/mol. The highest BCUT2D eigenvalue weighted by molar-refractivity contribution is 5.15. The van der Waals surface area contributed by atoms with Gasteiger partial charge in [0.15, 0.2) is 0 Å². The third-order valence-electron chi connectivity index (χ3n) is 0.871. The summed E-state index contributed by atoms with van der Waals surface area (Å²) in [6, 6.07) is -2.43. The summed E-state index contributed by atoms with van der Waals surface area (Å²) in [4.78, 5) is 0. The lowest BCUT2D eigenvalue weighted by molar-refractivity contribution is 0.276. The van der Waals surface area contributed by atoms with Crippen LogP contribution in [0.1, 0.15) is 11.0 Å². The fourth-order valence-corrected chi connectivity index (χ4v) is 0.432. The first-order valence-corrected chi connectivity index (χ1v) is 2.36. The molecule has 1 nitrogen and oxygen atoms in total. The molecule has 48 valence electrons. The second-order valence-corrected chi connectivity index (χ2v) is 1.45. The molecule has 0 saturated heterocycles. The van der Waals surface area contributed by atoms with Crippen molar-refractivity contribution in [2.45, 2.75) is 6.61 Å². The van der Waals surface area contributed by atoms with Gasteiger partial charge in [0, 0.05) is 5.56 Å². The second-order valence-electron chi connectivity index (χ2n) is 1.45. The van der Waals surface area contributed by atoms with Crippen molar-refractivity contribution in [2.24, 2.45) is 0 Å². The van der Waals surface area contributed by atoms with Crippen LogP contribution in [0, 0.1) is 5.82 Å². The van der Waals surface area contributed by atoms with E-state index in [2.05, 4.69) is 0 Å². The van der Waals surface area contributed by atoms with Crippen LogP contribution in [0.3, 0.4) is 0 Å². The molecule has 0 spiro atoms. The summed E-state index contributed by atoms with van der Waals surface area (Å²) in [5.41, 5.74) is -0.397. The fourth-order valence-electron chi connectivity index (χ4n) is 0.432. The lowest BCUT2D eigenvalue weighted by Crippen LogP contribution is -1.86. The predicted octanol–water partition coefficient (Wildman–Crippen LogP) is 1.32. The highest BCUT2D eigenvalue weighted by Crippen LogP contribution is 2.04. The zero-order valence-corrected chi connectivity index (χ0v) is 4.53. The van der Waals surface area contributed by atoms with Crippen molar-refractivity contribution in [2.75, 3.05) is 0 Å². The monoisotopic (exact) mass is 130 g/mol. The maximum atomic E-state index is 13.0. The topological polar surface area (TPSA) is 20.2 Å². The van der Waals surface area contributed by atoms with Gasteiger partial charge in [-0.3, -0.25) is 0 Å². The molecule has 1 rings (SSSR count). The molecule has 0 bridgehead atoms. The standard InChI is InChI=1S/C7H7FO/c8-7-4-2-1-3-6(7)5-9/h1-4,9H,5H2/i1D,2D,3D,4D. The van der Waals surface area contributed by atoms with E-state index in [4.69, 9.17) is 10.6 Å². The second kappa shape index (κ2) is 2.60. The molecule has 2 heteroatoms. The average molecular weight is 130 g/mol. The first-order chi connectivity index (χ1) is 6.00. The molecule has 0 aromatic heterocycles. The Morgan fingerprint density at radius 3 is 2.89 bits per heavy atom. The van der Waals surface area contributed by atoms with E-state index in [0.717, 1.165) is 0 Å². The Morgan fingerprint density at radius 1 is 1.56 bits per heavy atom. The Labute approximate surface area is 58.4 Å². The smallest absolute Gasteiger partial charge is 0.128 e. The summed E-state index contributed by atoms with van der Waals surface area (Å²) in [5.74, 6) is -1.09. The number of aliphatic hydroxyl groups is 1. The van der Waals surface area contributed by atoms with Gasteiger partial charge in [0.05, 0.1) is 12.1 Å². The van der Waals surface area contributed by atoms with Gasteiger partial charge in [0.1, 0.15) is 5.82 Å². The van der Waals surface area contributed by atoms with Crippen LogP contribution >= 0.6 is 0 Å². The third-order valence-corrected chi connectivity index (χ3v) is 0.871. The number of halogens is 1. The molecule has 0 aliphatic carbocycles. The van der Waals surface area contributed by atoms with Gasteiger partial charge in [-0.2, -0.15) is 0 Å². The van der Waals surface area contributed by atoms with E-state index < -0.39 is 42.2 Å². The van der Waals surface area contributed by atoms with Gasteiger partial charge in [-0.1, -0.05) is 18.1 Å². The van der Waals surface area contributed by atoms with Crippen molar-refractivity contribution < 1.29 is 15.0 Å². The van der Waals surface area contributed by atoms with Crippen molar-refractivity contribution in [3.63, 3.8) is 0 Å². The van der Waals surface area contributed by atoms with E-state index in [1.807, 2.05) is 0 Å². The molecule has 0 atom stereocenters. The first-order valence-electron chi connectivity index (χ1n) is 4.36. The molecule has 9 heavy (non-hydrogen) atoms. The van der Waals surface area contributed by atoms with Crippen molar-refractivity contribution in [1.82, 2.24) is 0 Å². The van der Waals surface area contributed by atoms with Crippen LogP contribution in [-0.2, 0) is 6.61 Å². The number of hydrogen-bond donors (Lipinski definition) is 1. The lowest BCUT2D eigenvalue weighted by Gasteiger charge is -1.94.